The quantitative estimate of drug-likeness (QED) is 0.647. The number of hydrogen-bond donors (Lipinski definition) is 1. The number of ketones is 1. The molecular formula is C27H40N4O2. The van der Waals surface area contributed by atoms with Gasteiger partial charge < -0.3 is 9.88 Å². The van der Waals surface area contributed by atoms with Gasteiger partial charge in [0.25, 0.3) is 5.91 Å². The highest BCUT2D eigenvalue weighted by molar-refractivity contribution is 5.98. The van der Waals surface area contributed by atoms with Gasteiger partial charge in [0.05, 0.1) is 11.7 Å². The zero-order valence-corrected chi connectivity index (χ0v) is 21.3. The Morgan fingerprint density at radius 1 is 1.21 bits per heavy atom. The number of nitrogens with one attached hydrogen (secondary N) is 1. The highest BCUT2D eigenvalue weighted by Gasteiger charge is 2.37. The van der Waals surface area contributed by atoms with Crippen LogP contribution in [0, 0.1) is 11.3 Å². The van der Waals surface area contributed by atoms with E-state index in [4.69, 9.17) is 4.98 Å². The molecule has 3 rings (SSSR count). The molecule has 2 heterocycles. The summed E-state index contributed by atoms with van der Waals surface area (Å²) in [5.74, 6) is 0.555. The van der Waals surface area contributed by atoms with Gasteiger partial charge in [-0.1, -0.05) is 71.4 Å². The van der Waals surface area contributed by atoms with Crippen LogP contribution in [-0.2, 0) is 17.9 Å². The summed E-state index contributed by atoms with van der Waals surface area (Å²) in [5.41, 5.74) is 1.95. The second-order valence-electron chi connectivity index (χ2n) is 10.7. The van der Waals surface area contributed by atoms with Crippen LogP contribution in [0.4, 0.5) is 0 Å². The molecule has 1 amide bonds. The second kappa shape index (κ2) is 10.2. The maximum absolute atomic E-state index is 13.6. The van der Waals surface area contributed by atoms with Crippen LogP contribution in [0.1, 0.15) is 77.0 Å². The maximum atomic E-state index is 13.6. The first-order valence-corrected chi connectivity index (χ1v) is 12.2. The number of benzene rings is 1. The molecule has 1 N–H and O–H groups in total. The van der Waals surface area contributed by atoms with Crippen LogP contribution in [0.2, 0.25) is 0 Å². The topological polar surface area (TPSA) is 67.2 Å². The van der Waals surface area contributed by atoms with Gasteiger partial charge in [0.15, 0.2) is 11.5 Å². The number of aromatic nitrogens is 2. The smallest absolute Gasteiger partial charge is 0.272 e. The van der Waals surface area contributed by atoms with E-state index >= 15 is 0 Å². The number of imidazole rings is 1. The lowest BCUT2D eigenvalue weighted by molar-refractivity contribution is -0.126. The average Bonchev–Trinajstić information content (AvgIpc) is 3.05. The van der Waals surface area contributed by atoms with E-state index in [-0.39, 0.29) is 23.0 Å². The van der Waals surface area contributed by atoms with Gasteiger partial charge in [0, 0.05) is 30.6 Å². The Balaban J connectivity index is 2.01. The van der Waals surface area contributed by atoms with Gasteiger partial charge in [-0.25, -0.2) is 4.98 Å². The Bertz CT molecular complexity index is 974. The summed E-state index contributed by atoms with van der Waals surface area (Å²) in [5, 5.41) is 3.09. The Hall–Kier alpha value is -2.47. The lowest BCUT2D eigenvalue weighted by Crippen LogP contribution is -2.51. The molecule has 180 valence electrons. The fourth-order valence-corrected chi connectivity index (χ4v) is 4.58. The maximum Gasteiger partial charge on any atom is 0.272 e. The molecule has 1 aliphatic heterocycles. The Morgan fingerprint density at radius 2 is 1.88 bits per heavy atom. The number of amides is 1. The predicted octanol–water partition coefficient (Wildman–Crippen LogP) is 4.92. The van der Waals surface area contributed by atoms with Crippen molar-refractivity contribution in [3.05, 3.63) is 41.7 Å². The van der Waals surface area contributed by atoms with Crippen molar-refractivity contribution in [3.63, 3.8) is 0 Å². The fraction of sp³-hybridized carbons (Fsp3) is 0.593. The van der Waals surface area contributed by atoms with Gasteiger partial charge >= 0.3 is 0 Å². The van der Waals surface area contributed by atoms with Crippen LogP contribution in [-0.4, -0.2) is 45.3 Å². The summed E-state index contributed by atoms with van der Waals surface area (Å²) in [7, 11) is 2.09. The van der Waals surface area contributed by atoms with Crippen molar-refractivity contribution < 1.29 is 9.59 Å². The third-order valence-electron chi connectivity index (χ3n) is 6.88. The van der Waals surface area contributed by atoms with E-state index in [0.29, 0.717) is 18.3 Å². The molecule has 33 heavy (non-hydrogen) atoms. The first kappa shape index (κ1) is 25.2. The van der Waals surface area contributed by atoms with Gasteiger partial charge in [-0.2, -0.15) is 0 Å². The van der Waals surface area contributed by atoms with E-state index in [1.807, 2.05) is 58.0 Å². The third kappa shape index (κ3) is 5.55. The second-order valence-corrected chi connectivity index (χ2v) is 10.7. The van der Waals surface area contributed by atoms with E-state index in [0.717, 1.165) is 42.9 Å². The van der Waals surface area contributed by atoms with Crippen LogP contribution in [0.5, 0.6) is 0 Å². The minimum atomic E-state index is -0.563. The fourth-order valence-electron chi connectivity index (χ4n) is 4.58. The SMILES string of the molecule is CCCC(C)C(=O)C(NC(=O)c1nc(-c2ccccc2)n2c1CN(C)C(C)CC2)C(C)(C)C. The molecule has 3 atom stereocenters. The van der Waals surface area contributed by atoms with Crippen LogP contribution >= 0.6 is 0 Å². The van der Waals surface area contributed by atoms with Crippen LogP contribution in [0.3, 0.4) is 0 Å². The molecule has 2 aromatic rings. The third-order valence-corrected chi connectivity index (χ3v) is 6.88. The van der Waals surface area contributed by atoms with E-state index < -0.39 is 6.04 Å². The molecule has 3 unspecified atom stereocenters. The minimum absolute atomic E-state index is 0.0921. The highest BCUT2D eigenvalue weighted by Crippen LogP contribution is 2.29. The van der Waals surface area contributed by atoms with Gasteiger partial charge in [0.1, 0.15) is 5.82 Å². The van der Waals surface area contributed by atoms with E-state index in [1.165, 1.54) is 0 Å². The monoisotopic (exact) mass is 452 g/mol. The Morgan fingerprint density at radius 3 is 2.48 bits per heavy atom. The van der Waals surface area contributed by atoms with E-state index in [9.17, 15) is 9.59 Å². The zero-order chi connectivity index (χ0) is 24.3. The van der Waals surface area contributed by atoms with Crippen molar-refractivity contribution in [1.82, 2.24) is 19.8 Å². The van der Waals surface area contributed by atoms with Gasteiger partial charge in [-0.3, -0.25) is 14.5 Å². The summed E-state index contributed by atoms with van der Waals surface area (Å²) >= 11 is 0. The van der Waals surface area contributed by atoms with Crippen molar-refractivity contribution in [1.29, 1.82) is 0 Å². The molecule has 0 saturated heterocycles. The first-order valence-electron chi connectivity index (χ1n) is 12.2. The number of carbonyl (C=O) groups is 2. The van der Waals surface area contributed by atoms with Crippen LogP contribution in [0.15, 0.2) is 30.3 Å². The normalized spacial score (nSPS) is 18.8. The summed E-state index contributed by atoms with van der Waals surface area (Å²) in [6.45, 7) is 13.7. The summed E-state index contributed by atoms with van der Waals surface area (Å²) in [6, 6.07) is 9.87. The van der Waals surface area contributed by atoms with E-state index in [2.05, 4.69) is 35.7 Å². The molecule has 0 aliphatic carbocycles. The standard InChI is InChI=1S/C27H40N4O2/c1-8-12-18(2)23(32)24(27(4,5)6)29-26(33)22-21-17-30(7)19(3)15-16-31(21)25(28-22)20-13-10-9-11-14-20/h9-11,13-14,18-19,24H,8,12,15-17H2,1-7H3,(H,29,33). The van der Waals surface area contributed by atoms with Gasteiger partial charge in [-0.05, 0) is 32.2 Å². The van der Waals surface area contributed by atoms with Crippen LogP contribution in [0.25, 0.3) is 11.4 Å². The molecule has 0 fully saturated rings. The average molecular weight is 453 g/mol. The molecule has 0 saturated carbocycles. The number of nitrogens with zero attached hydrogens (tertiary/aromatic N) is 3. The minimum Gasteiger partial charge on any atom is -0.340 e. The summed E-state index contributed by atoms with van der Waals surface area (Å²) in [4.78, 5) is 34.0. The molecule has 6 heteroatoms. The molecule has 0 radical (unpaired) electrons. The van der Waals surface area contributed by atoms with Crippen molar-refractivity contribution >= 4 is 11.7 Å². The number of carbonyl (C=O) groups excluding carboxylic acids is 2. The summed E-state index contributed by atoms with van der Waals surface area (Å²) in [6.07, 6.45) is 2.75. The molecule has 0 bridgehead atoms. The highest BCUT2D eigenvalue weighted by atomic mass is 16.2. The Kier molecular flexibility index (Phi) is 7.78. The number of hydrogen-bond acceptors (Lipinski definition) is 4. The van der Waals surface area contributed by atoms with Crippen molar-refractivity contribution in [2.75, 3.05) is 7.05 Å². The first-order chi connectivity index (χ1) is 15.5. The molecule has 1 aromatic heterocycles. The van der Waals surface area contributed by atoms with Crippen molar-refractivity contribution in [2.24, 2.45) is 11.3 Å². The van der Waals surface area contributed by atoms with Crippen molar-refractivity contribution in [2.45, 2.75) is 86.0 Å². The lowest BCUT2D eigenvalue weighted by Gasteiger charge is -2.32. The molecule has 1 aromatic carbocycles. The van der Waals surface area contributed by atoms with Gasteiger partial charge in [-0.15, -0.1) is 0 Å². The molecular weight excluding hydrogens is 412 g/mol. The summed E-state index contributed by atoms with van der Waals surface area (Å²) < 4.78 is 2.19. The van der Waals surface area contributed by atoms with Gasteiger partial charge in [0.2, 0.25) is 0 Å². The molecule has 1 aliphatic rings. The molecule has 6 nitrogen and oxygen atoms in total. The largest absolute Gasteiger partial charge is 0.340 e. The lowest BCUT2D eigenvalue weighted by atomic mass is 9.79. The molecule has 0 spiro atoms. The van der Waals surface area contributed by atoms with Crippen LogP contribution < -0.4 is 5.32 Å². The van der Waals surface area contributed by atoms with E-state index in [1.54, 1.807) is 0 Å². The Labute approximate surface area is 198 Å². The number of fused-ring (bicyclic) bond motifs is 1. The predicted molar refractivity (Wildman–Crippen MR) is 133 cm³/mol. The van der Waals surface area contributed by atoms with Crippen molar-refractivity contribution in [3.8, 4) is 11.4 Å². The zero-order valence-electron chi connectivity index (χ0n) is 21.3. The number of rotatable bonds is 7. The number of Topliss-reactive ketones (excluding diaryl/α,β-unsaturated/α-hetero) is 1.